The number of fused-ring (bicyclic) bond motifs is 1. The molecule has 0 bridgehead atoms. The molecule has 1 atom stereocenters. The predicted molar refractivity (Wildman–Crippen MR) is 147 cm³/mol. The predicted octanol–water partition coefficient (Wildman–Crippen LogP) is 4.83. The molecule has 4 rings (SSSR count). The third-order valence-corrected chi connectivity index (χ3v) is 7.18. The zero-order valence-electron chi connectivity index (χ0n) is 22.4. The van der Waals surface area contributed by atoms with E-state index in [1.165, 1.54) is 5.56 Å². The van der Waals surface area contributed by atoms with Crippen LogP contribution in [0.5, 0.6) is 5.88 Å². The summed E-state index contributed by atoms with van der Waals surface area (Å²) in [6, 6.07) is 9.11. The van der Waals surface area contributed by atoms with E-state index in [2.05, 4.69) is 58.5 Å². The molecule has 0 aliphatic carbocycles. The summed E-state index contributed by atoms with van der Waals surface area (Å²) in [5.74, 6) is 0.0292. The average Bonchev–Trinajstić information content (AvgIpc) is 3.24. The fourth-order valence-electron chi connectivity index (χ4n) is 4.76. The van der Waals surface area contributed by atoms with Gasteiger partial charge >= 0.3 is 0 Å². The van der Waals surface area contributed by atoms with Crippen LogP contribution in [0.2, 0.25) is 0 Å². The highest BCUT2D eigenvalue weighted by molar-refractivity contribution is 6.04. The van der Waals surface area contributed by atoms with Crippen LogP contribution in [0.1, 0.15) is 67.6 Å². The van der Waals surface area contributed by atoms with Gasteiger partial charge in [-0.2, -0.15) is 0 Å². The molecule has 0 saturated carbocycles. The van der Waals surface area contributed by atoms with Gasteiger partial charge in [0.05, 0.1) is 11.9 Å². The summed E-state index contributed by atoms with van der Waals surface area (Å²) in [5.41, 5.74) is 4.10. The van der Waals surface area contributed by atoms with Gasteiger partial charge in [0.15, 0.2) is 0 Å². The highest BCUT2D eigenvalue weighted by Crippen LogP contribution is 2.24. The molecule has 37 heavy (non-hydrogen) atoms. The van der Waals surface area contributed by atoms with Gasteiger partial charge < -0.3 is 25.3 Å². The fraction of sp³-hybridized carbons (Fsp3) is 0.483. The van der Waals surface area contributed by atoms with Crippen molar-refractivity contribution in [1.29, 1.82) is 0 Å². The molecule has 8 heteroatoms. The molecule has 0 radical (unpaired) electrons. The summed E-state index contributed by atoms with van der Waals surface area (Å²) in [5, 5.41) is 6.90. The Balaban J connectivity index is 1.40. The molecule has 0 spiro atoms. The number of ether oxygens (including phenoxy) is 1. The Kier molecular flexibility index (Phi) is 8.82. The van der Waals surface area contributed by atoms with Gasteiger partial charge in [0.25, 0.3) is 5.91 Å². The van der Waals surface area contributed by atoms with Crippen LogP contribution >= 0.6 is 0 Å². The lowest BCUT2D eigenvalue weighted by molar-refractivity contribution is -0.118. The number of rotatable bonds is 10. The van der Waals surface area contributed by atoms with Gasteiger partial charge in [-0.25, -0.2) is 4.98 Å². The smallest absolute Gasteiger partial charge is 0.268 e. The van der Waals surface area contributed by atoms with Crippen molar-refractivity contribution in [2.75, 3.05) is 25.5 Å². The third kappa shape index (κ3) is 6.68. The van der Waals surface area contributed by atoms with Gasteiger partial charge in [-0.3, -0.25) is 9.59 Å². The highest BCUT2D eigenvalue weighted by Gasteiger charge is 2.24. The number of unbranched alkanes of at least 4 members (excludes halogenated alkanes) is 1. The molecule has 1 saturated heterocycles. The summed E-state index contributed by atoms with van der Waals surface area (Å²) < 4.78 is 6.01. The number of aryl methyl sites for hydroxylation is 2. The van der Waals surface area contributed by atoms with E-state index in [4.69, 9.17) is 4.74 Å². The second-order valence-electron chi connectivity index (χ2n) is 10.0. The van der Waals surface area contributed by atoms with E-state index in [9.17, 15) is 9.59 Å². The zero-order chi connectivity index (χ0) is 26.4. The molecule has 1 aromatic carbocycles. The van der Waals surface area contributed by atoms with Crippen molar-refractivity contribution in [2.45, 2.75) is 71.4 Å². The first-order chi connectivity index (χ1) is 17.9. The zero-order valence-corrected chi connectivity index (χ0v) is 22.4. The van der Waals surface area contributed by atoms with Crippen LogP contribution in [-0.4, -0.2) is 59.0 Å². The first kappa shape index (κ1) is 26.7. The number of H-pyrrole nitrogens is 1. The number of likely N-dealkylation sites (tertiary alicyclic amines) is 1. The molecule has 2 aromatic heterocycles. The Bertz CT molecular complexity index is 1210. The van der Waals surface area contributed by atoms with E-state index in [1.807, 2.05) is 13.0 Å². The molecule has 1 unspecified atom stereocenters. The van der Waals surface area contributed by atoms with Crippen LogP contribution in [0.4, 0.5) is 5.69 Å². The van der Waals surface area contributed by atoms with E-state index in [0.29, 0.717) is 23.7 Å². The summed E-state index contributed by atoms with van der Waals surface area (Å²) in [7, 11) is 2.12. The number of piperidine rings is 1. The van der Waals surface area contributed by atoms with Crippen molar-refractivity contribution >= 4 is 28.4 Å². The summed E-state index contributed by atoms with van der Waals surface area (Å²) in [4.78, 5) is 36.3. The van der Waals surface area contributed by atoms with E-state index < -0.39 is 6.04 Å². The maximum atomic E-state index is 13.2. The van der Waals surface area contributed by atoms with Crippen molar-refractivity contribution in [3.8, 4) is 5.88 Å². The van der Waals surface area contributed by atoms with E-state index in [0.717, 1.165) is 61.7 Å². The number of nitrogens with one attached hydrogen (secondary N) is 3. The van der Waals surface area contributed by atoms with Gasteiger partial charge in [0.1, 0.15) is 17.8 Å². The second-order valence-corrected chi connectivity index (χ2v) is 10.0. The molecule has 2 amide bonds. The largest absolute Gasteiger partial charge is 0.474 e. The molecule has 1 aliphatic rings. The van der Waals surface area contributed by atoms with Gasteiger partial charge in [-0.1, -0.05) is 32.8 Å². The Labute approximate surface area is 219 Å². The maximum Gasteiger partial charge on any atom is 0.268 e. The minimum absolute atomic E-state index is 0.166. The Morgan fingerprint density at radius 3 is 2.65 bits per heavy atom. The lowest BCUT2D eigenvalue weighted by atomic mass is 10.1. The van der Waals surface area contributed by atoms with E-state index in [-0.39, 0.29) is 17.9 Å². The molecule has 1 fully saturated rings. The standard InChI is InChI=1S/C29H39N5O3/c1-5-7-8-25(33-29(36)27-19(3)23-17-20(6-2)9-11-24(23)32-27)28(35)31-21-10-12-26(30-18-21)37-22-13-15-34(4)16-14-22/h9-12,17-18,22,25,32H,5-8,13-16H2,1-4H3,(H,31,35)(H,33,36). The highest BCUT2D eigenvalue weighted by atomic mass is 16.5. The van der Waals surface area contributed by atoms with Crippen LogP contribution in [0.15, 0.2) is 36.5 Å². The number of aromatic nitrogens is 2. The second kappa shape index (κ2) is 12.2. The number of carbonyl (C=O) groups is 2. The number of benzene rings is 1. The Morgan fingerprint density at radius 1 is 1.19 bits per heavy atom. The molecule has 3 heterocycles. The Hall–Kier alpha value is -3.39. The Morgan fingerprint density at radius 2 is 1.97 bits per heavy atom. The molecular weight excluding hydrogens is 466 g/mol. The average molecular weight is 506 g/mol. The van der Waals surface area contributed by atoms with Crippen LogP contribution < -0.4 is 15.4 Å². The number of amides is 2. The molecular formula is C29H39N5O3. The lowest BCUT2D eigenvalue weighted by Gasteiger charge is -2.28. The molecule has 198 valence electrons. The van der Waals surface area contributed by atoms with Crippen LogP contribution in [0.25, 0.3) is 10.9 Å². The van der Waals surface area contributed by atoms with Gasteiger partial charge in [-0.05, 0) is 69.0 Å². The quantitative estimate of drug-likeness (QED) is 0.366. The first-order valence-corrected chi connectivity index (χ1v) is 13.4. The van der Waals surface area contributed by atoms with Crippen molar-refractivity contribution in [1.82, 2.24) is 20.2 Å². The van der Waals surface area contributed by atoms with E-state index >= 15 is 0 Å². The molecule has 1 aliphatic heterocycles. The molecule has 3 aromatic rings. The van der Waals surface area contributed by atoms with Crippen LogP contribution in [-0.2, 0) is 11.2 Å². The monoisotopic (exact) mass is 505 g/mol. The van der Waals surface area contributed by atoms with Gasteiger partial charge in [0.2, 0.25) is 11.8 Å². The topological polar surface area (TPSA) is 99.3 Å². The van der Waals surface area contributed by atoms with Crippen LogP contribution in [0.3, 0.4) is 0 Å². The third-order valence-electron chi connectivity index (χ3n) is 7.18. The van der Waals surface area contributed by atoms with Gasteiger partial charge in [0, 0.05) is 30.1 Å². The number of hydrogen-bond acceptors (Lipinski definition) is 5. The molecule has 3 N–H and O–H groups in total. The maximum absolute atomic E-state index is 13.2. The fourth-order valence-corrected chi connectivity index (χ4v) is 4.76. The number of nitrogens with zero attached hydrogens (tertiary/aromatic N) is 2. The summed E-state index contributed by atoms with van der Waals surface area (Å²) in [6.07, 6.45) is 6.96. The SMILES string of the molecule is CCCCC(NC(=O)c1[nH]c2ccc(CC)cc2c1C)C(=O)Nc1ccc(OC2CCN(C)CC2)nc1. The number of aromatic amines is 1. The van der Waals surface area contributed by atoms with Crippen molar-refractivity contribution in [3.63, 3.8) is 0 Å². The van der Waals surface area contributed by atoms with Crippen LogP contribution in [0, 0.1) is 6.92 Å². The number of hydrogen-bond donors (Lipinski definition) is 3. The molecule has 8 nitrogen and oxygen atoms in total. The minimum Gasteiger partial charge on any atom is -0.474 e. The summed E-state index contributed by atoms with van der Waals surface area (Å²) >= 11 is 0. The van der Waals surface area contributed by atoms with Gasteiger partial charge in [-0.15, -0.1) is 0 Å². The van der Waals surface area contributed by atoms with Crippen molar-refractivity contribution in [3.05, 3.63) is 53.3 Å². The number of anilines is 1. The van der Waals surface area contributed by atoms with Crippen molar-refractivity contribution < 1.29 is 14.3 Å². The van der Waals surface area contributed by atoms with E-state index in [1.54, 1.807) is 18.3 Å². The summed E-state index contributed by atoms with van der Waals surface area (Å²) in [6.45, 7) is 8.15. The number of pyridine rings is 1. The van der Waals surface area contributed by atoms with Crippen molar-refractivity contribution in [2.24, 2.45) is 0 Å². The number of carbonyl (C=O) groups excluding carboxylic acids is 2. The first-order valence-electron chi connectivity index (χ1n) is 13.4. The lowest BCUT2D eigenvalue weighted by Crippen LogP contribution is -2.44. The normalized spacial score (nSPS) is 15.5. The minimum atomic E-state index is -0.653.